The van der Waals surface area contributed by atoms with Gasteiger partial charge in [0.25, 0.3) is 5.91 Å². The maximum Gasteiger partial charge on any atom is 0.290 e. The van der Waals surface area contributed by atoms with Crippen molar-refractivity contribution in [3.8, 4) is 0 Å². The summed E-state index contributed by atoms with van der Waals surface area (Å²) in [5, 5.41) is 0. The molecule has 1 aliphatic heterocycles. The number of hydrogen-bond donors (Lipinski definition) is 0. The largest absolute Gasteiger partial charge is 0.444 e. The number of carbonyl (C=O) groups is 1. The number of likely N-dealkylation sites (tertiary alicyclic amines) is 1. The highest BCUT2D eigenvalue weighted by Crippen LogP contribution is 2.35. The third-order valence-corrected chi connectivity index (χ3v) is 4.27. The van der Waals surface area contributed by atoms with Crippen LogP contribution in [-0.4, -0.2) is 17.4 Å². The van der Waals surface area contributed by atoms with Gasteiger partial charge in [0, 0.05) is 6.54 Å². The monoisotopic (exact) mass is 333 g/mol. The van der Waals surface area contributed by atoms with Crippen LogP contribution in [0, 0.1) is 6.92 Å². The summed E-state index contributed by atoms with van der Waals surface area (Å²) in [6.07, 6.45) is 2.05. The van der Waals surface area contributed by atoms with Crippen LogP contribution in [-0.2, 0) is 0 Å². The Bertz CT molecular complexity index is 635. The molecule has 2 heterocycles. The van der Waals surface area contributed by atoms with Gasteiger partial charge >= 0.3 is 0 Å². The van der Waals surface area contributed by atoms with Gasteiger partial charge in [-0.25, -0.2) is 0 Å². The van der Waals surface area contributed by atoms with E-state index in [0.717, 1.165) is 19.4 Å². The number of halogens is 1. The molecule has 1 amide bonds. The highest BCUT2D eigenvalue weighted by molar-refractivity contribution is 9.10. The van der Waals surface area contributed by atoms with Crippen LogP contribution < -0.4 is 0 Å². The summed E-state index contributed by atoms with van der Waals surface area (Å²) in [4.78, 5) is 14.5. The van der Waals surface area contributed by atoms with Crippen LogP contribution in [0.5, 0.6) is 0 Å². The van der Waals surface area contributed by atoms with Crippen molar-refractivity contribution in [2.45, 2.75) is 25.8 Å². The van der Waals surface area contributed by atoms with Crippen molar-refractivity contribution in [2.24, 2.45) is 0 Å². The molecule has 0 spiro atoms. The van der Waals surface area contributed by atoms with Crippen molar-refractivity contribution in [3.05, 3.63) is 58.0 Å². The molecule has 4 heteroatoms. The van der Waals surface area contributed by atoms with Gasteiger partial charge in [-0.05, 0) is 59.0 Å². The minimum atomic E-state index is -0.0264. The zero-order chi connectivity index (χ0) is 14.1. The molecule has 1 saturated heterocycles. The van der Waals surface area contributed by atoms with E-state index in [4.69, 9.17) is 4.42 Å². The summed E-state index contributed by atoms with van der Waals surface area (Å²) in [6.45, 7) is 2.88. The second-order valence-electron chi connectivity index (χ2n) is 5.12. The first-order valence-electron chi connectivity index (χ1n) is 6.78. The number of aryl methyl sites for hydroxylation is 1. The molecular weight excluding hydrogens is 318 g/mol. The van der Waals surface area contributed by atoms with Gasteiger partial charge in [-0.1, -0.05) is 24.3 Å². The van der Waals surface area contributed by atoms with Crippen molar-refractivity contribution >= 4 is 21.8 Å². The molecule has 0 N–H and O–H groups in total. The quantitative estimate of drug-likeness (QED) is 0.819. The van der Waals surface area contributed by atoms with Gasteiger partial charge in [0.05, 0.1) is 6.04 Å². The fourth-order valence-corrected chi connectivity index (χ4v) is 3.17. The lowest BCUT2D eigenvalue weighted by Crippen LogP contribution is -2.30. The van der Waals surface area contributed by atoms with Crippen LogP contribution in [0.2, 0.25) is 0 Å². The Morgan fingerprint density at radius 1 is 1.30 bits per heavy atom. The Kier molecular flexibility index (Phi) is 3.66. The molecule has 20 heavy (non-hydrogen) atoms. The summed E-state index contributed by atoms with van der Waals surface area (Å²) in [5.41, 5.74) is 2.47. The second kappa shape index (κ2) is 5.44. The Hall–Kier alpha value is -1.55. The first-order chi connectivity index (χ1) is 9.66. The Balaban J connectivity index is 1.90. The lowest BCUT2D eigenvalue weighted by Gasteiger charge is -2.25. The van der Waals surface area contributed by atoms with Crippen LogP contribution in [0.15, 0.2) is 45.5 Å². The second-order valence-corrected chi connectivity index (χ2v) is 5.90. The van der Waals surface area contributed by atoms with E-state index < -0.39 is 0 Å². The van der Waals surface area contributed by atoms with Crippen LogP contribution in [0.4, 0.5) is 0 Å². The molecule has 1 aliphatic rings. The van der Waals surface area contributed by atoms with Crippen molar-refractivity contribution < 1.29 is 9.21 Å². The maximum atomic E-state index is 12.6. The standard InChI is InChI=1S/C16H16BrNO2/c1-11-5-2-3-6-12(11)13-7-4-10-18(13)16(19)14-8-9-15(17)20-14/h2-3,5-6,8-9,13H,4,7,10H2,1H3. The highest BCUT2D eigenvalue weighted by Gasteiger charge is 2.32. The molecule has 1 aromatic heterocycles. The van der Waals surface area contributed by atoms with Crippen LogP contribution in [0.3, 0.4) is 0 Å². The molecule has 0 saturated carbocycles. The van der Waals surface area contributed by atoms with E-state index in [2.05, 4.69) is 35.0 Å². The van der Waals surface area contributed by atoms with Crippen LogP contribution in [0.25, 0.3) is 0 Å². The Labute approximate surface area is 126 Å². The normalized spacial score (nSPS) is 18.5. The molecule has 1 aromatic carbocycles. The van der Waals surface area contributed by atoms with Crippen LogP contribution >= 0.6 is 15.9 Å². The number of rotatable bonds is 2. The summed E-state index contributed by atoms with van der Waals surface area (Å²) in [7, 11) is 0. The number of hydrogen-bond acceptors (Lipinski definition) is 2. The van der Waals surface area contributed by atoms with E-state index in [9.17, 15) is 4.79 Å². The molecule has 3 rings (SSSR count). The third kappa shape index (κ3) is 2.40. The zero-order valence-corrected chi connectivity index (χ0v) is 12.9. The van der Waals surface area contributed by atoms with Gasteiger partial charge in [0.1, 0.15) is 0 Å². The molecule has 104 valence electrons. The topological polar surface area (TPSA) is 33.5 Å². The molecule has 1 unspecified atom stereocenters. The van der Waals surface area contributed by atoms with Crippen LogP contribution in [0.1, 0.15) is 40.6 Å². The fraction of sp³-hybridized carbons (Fsp3) is 0.312. The third-order valence-electron chi connectivity index (χ3n) is 3.85. The van der Waals surface area contributed by atoms with Gasteiger partial charge in [-0.15, -0.1) is 0 Å². The summed E-state index contributed by atoms with van der Waals surface area (Å²) in [6, 6.07) is 11.9. The van der Waals surface area contributed by atoms with Crippen molar-refractivity contribution in [1.29, 1.82) is 0 Å². The van der Waals surface area contributed by atoms with E-state index in [1.54, 1.807) is 12.1 Å². The van der Waals surface area contributed by atoms with E-state index >= 15 is 0 Å². The minimum absolute atomic E-state index is 0.0264. The minimum Gasteiger partial charge on any atom is -0.444 e. The molecule has 3 nitrogen and oxygen atoms in total. The van der Waals surface area contributed by atoms with E-state index in [1.165, 1.54) is 11.1 Å². The first-order valence-corrected chi connectivity index (χ1v) is 7.58. The molecular formula is C16H16BrNO2. The van der Waals surface area contributed by atoms with Gasteiger partial charge < -0.3 is 9.32 Å². The summed E-state index contributed by atoms with van der Waals surface area (Å²) >= 11 is 3.24. The predicted molar refractivity (Wildman–Crippen MR) is 80.6 cm³/mol. The zero-order valence-electron chi connectivity index (χ0n) is 11.3. The van der Waals surface area contributed by atoms with Crippen molar-refractivity contribution in [1.82, 2.24) is 4.90 Å². The maximum absolute atomic E-state index is 12.6. The summed E-state index contributed by atoms with van der Waals surface area (Å²) in [5.74, 6) is 0.374. The molecule has 1 fully saturated rings. The SMILES string of the molecule is Cc1ccccc1C1CCCN1C(=O)c1ccc(Br)o1. The summed E-state index contributed by atoms with van der Waals surface area (Å²) < 4.78 is 5.99. The van der Waals surface area contributed by atoms with E-state index in [-0.39, 0.29) is 11.9 Å². The molecule has 1 atom stereocenters. The Morgan fingerprint density at radius 2 is 2.10 bits per heavy atom. The lowest BCUT2D eigenvalue weighted by molar-refractivity contribution is 0.0701. The molecule has 0 bridgehead atoms. The molecule has 0 radical (unpaired) electrons. The average Bonchev–Trinajstić information content (AvgIpc) is 3.07. The highest BCUT2D eigenvalue weighted by atomic mass is 79.9. The first kappa shape index (κ1) is 13.4. The fourth-order valence-electron chi connectivity index (χ4n) is 2.86. The van der Waals surface area contributed by atoms with E-state index in [0.29, 0.717) is 10.4 Å². The Morgan fingerprint density at radius 3 is 2.80 bits per heavy atom. The number of amides is 1. The van der Waals surface area contributed by atoms with E-state index in [1.807, 2.05) is 17.0 Å². The predicted octanol–water partition coefficient (Wildman–Crippen LogP) is 4.33. The van der Waals surface area contributed by atoms with Gasteiger partial charge in [-0.3, -0.25) is 4.79 Å². The van der Waals surface area contributed by atoms with Gasteiger partial charge in [0.2, 0.25) is 0 Å². The average molecular weight is 334 g/mol. The number of nitrogens with zero attached hydrogens (tertiary/aromatic N) is 1. The lowest BCUT2D eigenvalue weighted by atomic mass is 9.99. The van der Waals surface area contributed by atoms with Crippen molar-refractivity contribution in [3.63, 3.8) is 0 Å². The number of carbonyl (C=O) groups excluding carboxylic acids is 1. The van der Waals surface area contributed by atoms with Crippen molar-refractivity contribution in [2.75, 3.05) is 6.54 Å². The molecule has 0 aliphatic carbocycles. The number of furan rings is 1. The molecule has 2 aromatic rings. The van der Waals surface area contributed by atoms with Gasteiger partial charge in [0.15, 0.2) is 10.4 Å². The number of benzene rings is 1. The van der Waals surface area contributed by atoms with Gasteiger partial charge in [-0.2, -0.15) is 0 Å². The smallest absolute Gasteiger partial charge is 0.290 e.